The number of morpholine rings is 1. The molecule has 132 valence electrons. The Kier molecular flexibility index (Phi) is 4.72. The van der Waals surface area contributed by atoms with Gasteiger partial charge >= 0.3 is 6.09 Å². The van der Waals surface area contributed by atoms with Gasteiger partial charge < -0.3 is 19.3 Å². The molecule has 1 aromatic rings. The molecule has 24 heavy (non-hydrogen) atoms. The van der Waals surface area contributed by atoms with Gasteiger partial charge in [-0.2, -0.15) is 0 Å². The third-order valence-electron chi connectivity index (χ3n) is 4.70. The molecule has 2 aliphatic rings. The summed E-state index contributed by atoms with van der Waals surface area (Å²) in [5.41, 5.74) is 0.652. The molecular weight excluding hydrogens is 304 g/mol. The number of carbonyl (C=O) groups excluding carboxylic acids is 1. The number of benzene rings is 1. The summed E-state index contributed by atoms with van der Waals surface area (Å²) in [6.45, 7) is 9.63. The first-order valence-corrected chi connectivity index (χ1v) is 8.79. The second-order valence-electron chi connectivity index (χ2n) is 7.76. The summed E-state index contributed by atoms with van der Waals surface area (Å²) in [6, 6.07) is 10.5. The van der Waals surface area contributed by atoms with E-state index >= 15 is 0 Å². The topological polar surface area (TPSA) is 42.0 Å². The van der Waals surface area contributed by atoms with Gasteiger partial charge in [0, 0.05) is 31.9 Å². The van der Waals surface area contributed by atoms with E-state index in [1.165, 1.54) is 5.69 Å². The first-order valence-electron chi connectivity index (χ1n) is 8.79. The van der Waals surface area contributed by atoms with Gasteiger partial charge in [-0.1, -0.05) is 18.2 Å². The Balaban J connectivity index is 1.59. The van der Waals surface area contributed by atoms with Gasteiger partial charge in [-0.15, -0.1) is 0 Å². The number of amides is 1. The lowest BCUT2D eigenvalue weighted by Gasteiger charge is -2.47. The molecule has 0 aromatic heterocycles. The van der Waals surface area contributed by atoms with E-state index in [-0.39, 0.29) is 11.7 Å². The molecule has 0 atom stereocenters. The Hall–Kier alpha value is -1.75. The van der Waals surface area contributed by atoms with Crippen molar-refractivity contribution >= 4 is 11.8 Å². The average molecular weight is 332 g/mol. The molecule has 0 aliphatic carbocycles. The van der Waals surface area contributed by atoms with Crippen molar-refractivity contribution in [3.63, 3.8) is 0 Å². The van der Waals surface area contributed by atoms with Gasteiger partial charge in [-0.3, -0.25) is 0 Å². The molecule has 2 heterocycles. The van der Waals surface area contributed by atoms with Gasteiger partial charge in [0.05, 0.1) is 12.2 Å². The molecule has 0 radical (unpaired) electrons. The number of anilines is 1. The minimum absolute atomic E-state index is 0.146. The first-order chi connectivity index (χ1) is 11.4. The maximum absolute atomic E-state index is 12.2. The molecule has 5 heteroatoms. The fourth-order valence-electron chi connectivity index (χ4n) is 3.43. The molecule has 0 unspecified atom stereocenters. The molecule has 2 saturated heterocycles. The third-order valence-corrected chi connectivity index (χ3v) is 4.70. The third kappa shape index (κ3) is 4.01. The van der Waals surface area contributed by atoms with Gasteiger partial charge in [-0.25, -0.2) is 4.79 Å². The highest BCUT2D eigenvalue weighted by atomic mass is 16.6. The van der Waals surface area contributed by atoms with Crippen molar-refractivity contribution in [2.24, 2.45) is 0 Å². The summed E-state index contributed by atoms with van der Waals surface area (Å²) in [5, 5.41) is 0. The Labute approximate surface area is 144 Å². The zero-order chi connectivity index (χ0) is 17.2. The molecule has 3 rings (SSSR count). The van der Waals surface area contributed by atoms with Crippen molar-refractivity contribution in [3.05, 3.63) is 30.3 Å². The highest BCUT2D eigenvalue weighted by Gasteiger charge is 2.41. The van der Waals surface area contributed by atoms with Crippen LogP contribution in [0.3, 0.4) is 0 Å². The lowest BCUT2D eigenvalue weighted by atomic mass is 9.89. The van der Waals surface area contributed by atoms with Crippen LogP contribution in [0.25, 0.3) is 0 Å². The number of likely N-dealkylation sites (tertiary alicyclic amines) is 1. The van der Waals surface area contributed by atoms with Crippen LogP contribution in [0.15, 0.2) is 30.3 Å². The zero-order valence-electron chi connectivity index (χ0n) is 15.0. The number of carbonyl (C=O) groups is 1. The number of para-hydroxylation sites is 1. The Morgan fingerprint density at radius 2 is 1.79 bits per heavy atom. The fourth-order valence-corrected chi connectivity index (χ4v) is 3.43. The minimum atomic E-state index is -0.447. The van der Waals surface area contributed by atoms with Gasteiger partial charge in [0.2, 0.25) is 0 Å². The number of hydrogen-bond acceptors (Lipinski definition) is 4. The first kappa shape index (κ1) is 17.1. The average Bonchev–Trinajstić information content (AvgIpc) is 2.55. The molecule has 2 fully saturated rings. The summed E-state index contributed by atoms with van der Waals surface area (Å²) in [5.74, 6) is 0. The monoisotopic (exact) mass is 332 g/mol. The van der Waals surface area contributed by atoms with Crippen molar-refractivity contribution in [2.75, 3.05) is 37.7 Å². The van der Waals surface area contributed by atoms with Crippen LogP contribution in [0, 0.1) is 0 Å². The quantitative estimate of drug-likeness (QED) is 0.791. The van der Waals surface area contributed by atoms with Crippen molar-refractivity contribution in [3.8, 4) is 0 Å². The van der Waals surface area contributed by atoms with E-state index < -0.39 is 5.60 Å². The summed E-state index contributed by atoms with van der Waals surface area (Å²) in [7, 11) is 0. The number of hydrogen-bond donors (Lipinski definition) is 0. The van der Waals surface area contributed by atoms with Gasteiger partial charge in [0.1, 0.15) is 5.60 Å². The largest absolute Gasteiger partial charge is 0.444 e. The second kappa shape index (κ2) is 6.63. The standard InChI is InChI=1S/C19H28N2O3/c1-18(2,3)24-17(22)20-11-9-19(10-12-20)15-21(13-14-23-19)16-7-5-4-6-8-16/h4-8H,9-15H2,1-3H3. The molecule has 2 aliphatic heterocycles. The lowest BCUT2D eigenvalue weighted by Crippen LogP contribution is -2.58. The summed E-state index contributed by atoms with van der Waals surface area (Å²) < 4.78 is 11.6. The van der Waals surface area contributed by atoms with E-state index in [2.05, 4.69) is 29.2 Å². The normalized spacial score (nSPS) is 21.0. The number of nitrogens with zero attached hydrogens (tertiary/aromatic N) is 2. The Morgan fingerprint density at radius 3 is 2.42 bits per heavy atom. The van der Waals surface area contributed by atoms with E-state index in [1.54, 1.807) is 4.90 Å². The predicted molar refractivity (Wildman–Crippen MR) is 94.4 cm³/mol. The number of piperidine rings is 1. The molecule has 0 bridgehead atoms. The van der Waals surface area contributed by atoms with Crippen molar-refractivity contribution in [1.29, 1.82) is 0 Å². The second-order valence-corrected chi connectivity index (χ2v) is 7.76. The van der Waals surface area contributed by atoms with Crippen LogP contribution in [0.1, 0.15) is 33.6 Å². The van der Waals surface area contributed by atoms with Crippen LogP contribution in [0.5, 0.6) is 0 Å². The summed E-state index contributed by atoms with van der Waals surface area (Å²) in [4.78, 5) is 16.4. The molecule has 1 spiro atoms. The maximum atomic E-state index is 12.2. The summed E-state index contributed by atoms with van der Waals surface area (Å²) >= 11 is 0. The van der Waals surface area contributed by atoms with Gasteiger partial charge in [-0.05, 0) is 45.7 Å². The SMILES string of the molecule is CC(C)(C)OC(=O)N1CCC2(CC1)CN(c1ccccc1)CCO2. The van der Waals surface area contributed by atoms with Gasteiger partial charge in [0.15, 0.2) is 0 Å². The molecule has 5 nitrogen and oxygen atoms in total. The van der Waals surface area contributed by atoms with Crippen LogP contribution < -0.4 is 4.90 Å². The van der Waals surface area contributed by atoms with Crippen LogP contribution in [-0.4, -0.2) is 55.0 Å². The van der Waals surface area contributed by atoms with E-state index in [0.29, 0.717) is 13.1 Å². The van der Waals surface area contributed by atoms with Crippen LogP contribution in [0.4, 0.5) is 10.5 Å². The highest BCUT2D eigenvalue weighted by Crippen LogP contribution is 2.32. The van der Waals surface area contributed by atoms with Crippen LogP contribution in [-0.2, 0) is 9.47 Å². The van der Waals surface area contributed by atoms with E-state index in [4.69, 9.17) is 9.47 Å². The lowest BCUT2D eigenvalue weighted by molar-refractivity contribution is -0.0912. The highest BCUT2D eigenvalue weighted by molar-refractivity contribution is 5.68. The Bertz CT molecular complexity index is 560. The molecule has 0 saturated carbocycles. The molecule has 1 amide bonds. The van der Waals surface area contributed by atoms with E-state index in [9.17, 15) is 4.79 Å². The van der Waals surface area contributed by atoms with Crippen molar-refractivity contribution in [2.45, 2.75) is 44.8 Å². The van der Waals surface area contributed by atoms with Crippen LogP contribution in [0.2, 0.25) is 0 Å². The van der Waals surface area contributed by atoms with E-state index in [0.717, 1.165) is 32.5 Å². The van der Waals surface area contributed by atoms with E-state index in [1.807, 2.05) is 26.8 Å². The van der Waals surface area contributed by atoms with Gasteiger partial charge in [0.25, 0.3) is 0 Å². The molecule has 0 N–H and O–H groups in total. The smallest absolute Gasteiger partial charge is 0.410 e. The number of rotatable bonds is 1. The van der Waals surface area contributed by atoms with Crippen molar-refractivity contribution in [1.82, 2.24) is 4.90 Å². The predicted octanol–water partition coefficient (Wildman–Crippen LogP) is 3.29. The minimum Gasteiger partial charge on any atom is -0.444 e. The number of ether oxygens (including phenoxy) is 2. The molecular formula is C19H28N2O3. The summed E-state index contributed by atoms with van der Waals surface area (Å²) in [6.07, 6.45) is 1.50. The Morgan fingerprint density at radius 1 is 1.12 bits per heavy atom. The fraction of sp³-hybridized carbons (Fsp3) is 0.632. The maximum Gasteiger partial charge on any atom is 0.410 e. The zero-order valence-corrected chi connectivity index (χ0v) is 15.0. The van der Waals surface area contributed by atoms with Crippen LogP contribution >= 0.6 is 0 Å². The molecule has 1 aromatic carbocycles. The van der Waals surface area contributed by atoms with Crippen molar-refractivity contribution < 1.29 is 14.3 Å².